The van der Waals surface area contributed by atoms with Crippen LogP contribution in [0.5, 0.6) is 5.75 Å². The van der Waals surface area contributed by atoms with Gasteiger partial charge in [0.25, 0.3) is 0 Å². The van der Waals surface area contributed by atoms with Crippen molar-refractivity contribution in [3.05, 3.63) is 146 Å². The van der Waals surface area contributed by atoms with Gasteiger partial charge < -0.3 is 9.67 Å². The third-order valence-corrected chi connectivity index (χ3v) is 10.00. The molecular weight excluding hydrogens is 471 g/mol. The van der Waals surface area contributed by atoms with Crippen molar-refractivity contribution >= 4 is 33.8 Å². The molecular formula is C34H25O2P. The van der Waals surface area contributed by atoms with E-state index in [0.717, 1.165) is 43.6 Å². The van der Waals surface area contributed by atoms with Gasteiger partial charge in [0, 0.05) is 21.3 Å². The van der Waals surface area contributed by atoms with Crippen molar-refractivity contribution in [1.82, 2.24) is 0 Å². The number of aromatic hydroxyl groups is 1. The molecule has 0 radical (unpaired) electrons. The van der Waals surface area contributed by atoms with Crippen molar-refractivity contribution in [3.8, 4) is 28.0 Å². The first kappa shape index (κ1) is 23.0. The van der Waals surface area contributed by atoms with Gasteiger partial charge in [-0.15, -0.1) is 0 Å². The first-order valence-corrected chi connectivity index (χ1v) is 14.0. The van der Waals surface area contributed by atoms with E-state index in [9.17, 15) is 5.11 Å². The summed E-state index contributed by atoms with van der Waals surface area (Å²) in [6, 6.07) is 47.3. The number of rotatable bonds is 5. The Kier molecular flexibility index (Phi) is 5.96. The molecule has 37 heavy (non-hydrogen) atoms. The highest BCUT2D eigenvalue weighted by molar-refractivity contribution is 7.86. The van der Waals surface area contributed by atoms with Gasteiger partial charge in [-0.1, -0.05) is 133 Å². The number of fused-ring (bicyclic) bond motifs is 1. The van der Waals surface area contributed by atoms with Crippen LogP contribution in [0.2, 0.25) is 0 Å². The summed E-state index contributed by atoms with van der Waals surface area (Å²) < 4.78 is 15.7. The lowest BCUT2D eigenvalue weighted by Crippen LogP contribution is -2.27. The van der Waals surface area contributed by atoms with E-state index in [1.165, 1.54) is 0 Å². The molecule has 0 atom stereocenters. The quantitative estimate of drug-likeness (QED) is 0.251. The van der Waals surface area contributed by atoms with Crippen LogP contribution in [-0.4, -0.2) is 5.11 Å². The SMILES string of the molecule is O=P(c1ccccc1)(c1ccccc1)c1c(-c2ccccc2)cc(O)c2ccc(-c3ccccc3)cc12. The highest BCUT2D eigenvalue weighted by Gasteiger charge is 2.34. The topological polar surface area (TPSA) is 37.3 Å². The molecule has 0 heterocycles. The summed E-state index contributed by atoms with van der Waals surface area (Å²) in [4.78, 5) is 0. The van der Waals surface area contributed by atoms with Gasteiger partial charge in [-0.05, 0) is 39.8 Å². The van der Waals surface area contributed by atoms with Gasteiger partial charge in [0.1, 0.15) is 5.75 Å². The fourth-order valence-electron chi connectivity index (χ4n) is 5.06. The van der Waals surface area contributed by atoms with Gasteiger partial charge in [-0.3, -0.25) is 0 Å². The van der Waals surface area contributed by atoms with Gasteiger partial charge in [0.2, 0.25) is 0 Å². The van der Waals surface area contributed by atoms with Crippen molar-refractivity contribution in [2.75, 3.05) is 0 Å². The zero-order valence-corrected chi connectivity index (χ0v) is 21.1. The van der Waals surface area contributed by atoms with E-state index in [1.54, 1.807) is 6.07 Å². The summed E-state index contributed by atoms with van der Waals surface area (Å²) >= 11 is 0. The first-order valence-electron chi connectivity index (χ1n) is 12.3. The molecule has 0 unspecified atom stereocenters. The van der Waals surface area contributed by atoms with Crippen LogP contribution in [-0.2, 0) is 4.57 Å². The average Bonchev–Trinajstić information content (AvgIpc) is 2.98. The molecule has 6 aromatic rings. The van der Waals surface area contributed by atoms with E-state index in [2.05, 4.69) is 18.2 Å². The number of benzene rings is 6. The Hall–Kier alpha value is -4.39. The maximum absolute atomic E-state index is 15.7. The van der Waals surface area contributed by atoms with E-state index in [-0.39, 0.29) is 5.75 Å². The molecule has 2 nitrogen and oxygen atoms in total. The summed E-state index contributed by atoms with van der Waals surface area (Å²) in [7, 11) is -3.37. The van der Waals surface area contributed by atoms with E-state index in [0.29, 0.717) is 5.39 Å². The molecule has 0 amide bonds. The van der Waals surface area contributed by atoms with Crippen LogP contribution in [0, 0.1) is 0 Å². The molecule has 0 fully saturated rings. The Morgan fingerprint density at radius 3 is 1.49 bits per heavy atom. The Labute approximate surface area is 216 Å². The molecule has 0 spiro atoms. The largest absolute Gasteiger partial charge is 0.507 e. The lowest BCUT2D eigenvalue weighted by Gasteiger charge is -2.25. The first-order chi connectivity index (χ1) is 18.2. The molecule has 1 N–H and O–H groups in total. The number of hydrogen-bond acceptors (Lipinski definition) is 2. The maximum atomic E-state index is 15.7. The predicted octanol–water partition coefficient (Wildman–Crippen LogP) is 7.52. The zero-order valence-electron chi connectivity index (χ0n) is 20.2. The maximum Gasteiger partial charge on any atom is 0.172 e. The molecule has 0 bridgehead atoms. The van der Waals surface area contributed by atoms with Crippen molar-refractivity contribution < 1.29 is 9.67 Å². The third-order valence-electron chi connectivity index (χ3n) is 6.83. The van der Waals surface area contributed by atoms with Crippen LogP contribution >= 0.6 is 7.14 Å². The second kappa shape index (κ2) is 9.58. The monoisotopic (exact) mass is 496 g/mol. The van der Waals surface area contributed by atoms with Crippen LogP contribution in [0.25, 0.3) is 33.0 Å². The van der Waals surface area contributed by atoms with Crippen molar-refractivity contribution in [2.45, 2.75) is 0 Å². The predicted molar refractivity (Wildman–Crippen MR) is 156 cm³/mol. The van der Waals surface area contributed by atoms with Crippen molar-refractivity contribution in [1.29, 1.82) is 0 Å². The summed E-state index contributed by atoms with van der Waals surface area (Å²) in [5.74, 6) is 0.171. The second-order valence-corrected chi connectivity index (χ2v) is 11.8. The lowest BCUT2D eigenvalue weighted by atomic mass is 9.96. The molecule has 0 saturated heterocycles. The lowest BCUT2D eigenvalue weighted by molar-refractivity contribution is 0.482. The molecule has 0 aromatic heterocycles. The van der Waals surface area contributed by atoms with Gasteiger partial charge in [0.05, 0.1) is 0 Å². The molecule has 0 saturated carbocycles. The Bertz CT molecular complexity index is 1690. The van der Waals surface area contributed by atoms with Crippen LogP contribution in [0.1, 0.15) is 0 Å². The highest BCUT2D eigenvalue weighted by Crippen LogP contribution is 2.49. The van der Waals surface area contributed by atoms with Gasteiger partial charge in [-0.25, -0.2) is 0 Å². The molecule has 6 aromatic carbocycles. The fraction of sp³-hybridized carbons (Fsp3) is 0. The molecule has 0 aliphatic rings. The summed E-state index contributed by atoms with van der Waals surface area (Å²) in [6.07, 6.45) is 0. The number of phenols is 1. The summed E-state index contributed by atoms with van der Waals surface area (Å²) in [6.45, 7) is 0. The van der Waals surface area contributed by atoms with Gasteiger partial charge in [-0.2, -0.15) is 0 Å². The van der Waals surface area contributed by atoms with E-state index >= 15 is 4.57 Å². The Morgan fingerprint density at radius 2 is 0.946 bits per heavy atom. The smallest absolute Gasteiger partial charge is 0.172 e. The third kappa shape index (κ3) is 4.06. The van der Waals surface area contributed by atoms with Crippen LogP contribution in [0.15, 0.2) is 146 Å². The van der Waals surface area contributed by atoms with Crippen LogP contribution in [0.3, 0.4) is 0 Å². The molecule has 6 rings (SSSR count). The summed E-state index contributed by atoms with van der Waals surface area (Å²) in [5, 5.41) is 14.9. The molecule has 178 valence electrons. The fourth-order valence-corrected chi connectivity index (χ4v) is 8.12. The van der Waals surface area contributed by atoms with Gasteiger partial charge in [0.15, 0.2) is 7.14 Å². The van der Waals surface area contributed by atoms with Crippen molar-refractivity contribution in [3.63, 3.8) is 0 Å². The van der Waals surface area contributed by atoms with Crippen LogP contribution in [0.4, 0.5) is 0 Å². The highest BCUT2D eigenvalue weighted by atomic mass is 31.2. The minimum absolute atomic E-state index is 0.171. The minimum atomic E-state index is -3.37. The Morgan fingerprint density at radius 1 is 0.459 bits per heavy atom. The molecule has 3 heteroatoms. The minimum Gasteiger partial charge on any atom is -0.507 e. The average molecular weight is 497 g/mol. The Balaban J connectivity index is 1.79. The summed E-state index contributed by atoms with van der Waals surface area (Å²) in [5.41, 5.74) is 3.75. The van der Waals surface area contributed by atoms with Crippen LogP contribution < -0.4 is 15.9 Å². The number of hydrogen-bond donors (Lipinski definition) is 1. The standard InChI is InChI=1S/C34H25O2P/c35-33-24-31(26-15-7-2-8-16-26)34(32-23-27(21-22-30(32)33)25-13-5-1-6-14-25)37(36,28-17-9-3-10-18-28)29-19-11-4-12-20-29/h1-24,35H. The second-order valence-electron chi connectivity index (χ2n) is 9.06. The van der Waals surface area contributed by atoms with E-state index in [1.807, 2.05) is 121 Å². The van der Waals surface area contributed by atoms with Crippen molar-refractivity contribution in [2.24, 2.45) is 0 Å². The molecule has 0 aliphatic carbocycles. The van der Waals surface area contributed by atoms with E-state index < -0.39 is 7.14 Å². The zero-order chi connectivity index (χ0) is 25.2. The van der Waals surface area contributed by atoms with Gasteiger partial charge >= 0.3 is 0 Å². The number of phenolic OH excluding ortho intramolecular Hbond substituents is 1. The van der Waals surface area contributed by atoms with E-state index in [4.69, 9.17) is 0 Å². The molecule has 0 aliphatic heterocycles. The normalized spacial score (nSPS) is 11.5.